The molecule has 34 heavy (non-hydrogen) atoms. The number of benzene rings is 2. The Bertz CT molecular complexity index is 1100. The van der Waals surface area contributed by atoms with Crippen molar-refractivity contribution in [3.05, 3.63) is 65.7 Å². The summed E-state index contributed by atoms with van der Waals surface area (Å²) in [6, 6.07) is 10.5. The summed E-state index contributed by atoms with van der Waals surface area (Å²) < 4.78 is 16.4. The van der Waals surface area contributed by atoms with Crippen molar-refractivity contribution in [2.24, 2.45) is 0 Å². The van der Waals surface area contributed by atoms with E-state index >= 15 is 0 Å². The number of nitrogens with one attached hydrogen (secondary N) is 1. The van der Waals surface area contributed by atoms with Crippen LogP contribution in [0.25, 0.3) is 0 Å². The fourth-order valence-corrected chi connectivity index (χ4v) is 4.72. The minimum absolute atomic E-state index is 0.102. The number of β-amino-alcohol motifs (C(OH)–C–C–N with tert-alkyl or cyclic N) is 1. The highest BCUT2D eigenvalue weighted by atomic mass is 16.5. The first kappa shape index (κ1) is 23.6. The molecule has 1 spiro atoms. The van der Waals surface area contributed by atoms with Crippen molar-refractivity contribution < 1.29 is 28.9 Å². The van der Waals surface area contributed by atoms with Crippen LogP contribution in [0.15, 0.2) is 49.1 Å². The van der Waals surface area contributed by atoms with Crippen molar-refractivity contribution >= 4 is 11.9 Å². The summed E-state index contributed by atoms with van der Waals surface area (Å²) in [6.45, 7) is 3.46. The van der Waals surface area contributed by atoms with Gasteiger partial charge < -0.3 is 24.6 Å². The van der Waals surface area contributed by atoms with Gasteiger partial charge in [0.25, 0.3) is 5.91 Å². The highest BCUT2D eigenvalue weighted by molar-refractivity contribution is 6.07. The molecule has 1 aliphatic carbocycles. The number of carbonyl (C=O) groups excluding carboxylic acids is 2. The first-order chi connectivity index (χ1) is 16.4. The van der Waals surface area contributed by atoms with Crippen LogP contribution >= 0.6 is 0 Å². The first-order valence-corrected chi connectivity index (χ1v) is 11.3. The van der Waals surface area contributed by atoms with Gasteiger partial charge in [-0.1, -0.05) is 18.2 Å². The van der Waals surface area contributed by atoms with Gasteiger partial charge in [-0.25, -0.2) is 4.79 Å². The number of nitrogens with zero attached hydrogens (tertiary/aromatic N) is 1. The molecule has 0 radical (unpaired) electrons. The van der Waals surface area contributed by atoms with E-state index in [1.165, 1.54) is 0 Å². The molecule has 8 heteroatoms. The number of allylic oxidation sites excluding steroid dienone is 1. The van der Waals surface area contributed by atoms with Gasteiger partial charge in [-0.05, 0) is 66.6 Å². The molecule has 180 valence electrons. The molecule has 1 fully saturated rings. The second-order valence-corrected chi connectivity index (χ2v) is 8.57. The second kappa shape index (κ2) is 9.77. The molecule has 2 N–H and O–H groups in total. The Morgan fingerprint density at radius 3 is 2.74 bits per heavy atom. The van der Waals surface area contributed by atoms with Crippen molar-refractivity contribution in [1.82, 2.24) is 10.2 Å². The van der Waals surface area contributed by atoms with E-state index in [9.17, 15) is 14.7 Å². The highest BCUT2D eigenvalue weighted by Gasteiger charge is 2.54. The molecule has 4 rings (SSSR count). The van der Waals surface area contributed by atoms with Crippen LogP contribution in [-0.2, 0) is 23.2 Å². The lowest BCUT2D eigenvalue weighted by Crippen LogP contribution is -2.47. The standard InChI is InChI=1S/C26H30N2O6/c1-4-6-17-8-11-22(23(13-17)33-3)34-16-19(29)15-28-24(30)26(27-25(28)31)12-5-7-18-14-20(32-2)9-10-21(18)26/h4,8-11,13-14,19,29H,1,5-7,12,15-16H2,2-3H3,(H,27,31). The molecule has 2 atom stereocenters. The first-order valence-electron chi connectivity index (χ1n) is 11.3. The number of hydrogen-bond acceptors (Lipinski definition) is 6. The van der Waals surface area contributed by atoms with Gasteiger partial charge >= 0.3 is 6.03 Å². The number of aliphatic hydroxyl groups excluding tert-OH is 1. The van der Waals surface area contributed by atoms with Gasteiger partial charge in [-0.3, -0.25) is 9.69 Å². The Morgan fingerprint density at radius 2 is 2.00 bits per heavy atom. The lowest BCUT2D eigenvalue weighted by molar-refractivity contribution is -0.133. The third-order valence-corrected chi connectivity index (χ3v) is 6.38. The summed E-state index contributed by atoms with van der Waals surface area (Å²) in [4.78, 5) is 27.3. The maximum Gasteiger partial charge on any atom is 0.325 e. The van der Waals surface area contributed by atoms with E-state index in [1.54, 1.807) is 32.4 Å². The molecule has 2 aromatic rings. The average Bonchev–Trinajstić information content (AvgIpc) is 3.07. The van der Waals surface area contributed by atoms with Crippen molar-refractivity contribution in [1.29, 1.82) is 0 Å². The van der Waals surface area contributed by atoms with Crippen molar-refractivity contribution in [3.8, 4) is 17.2 Å². The third kappa shape index (κ3) is 4.33. The van der Waals surface area contributed by atoms with E-state index in [2.05, 4.69) is 11.9 Å². The maximum atomic E-state index is 13.5. The van der Waals surface area contributed by atoms with Crippen LogP contribution in [0.5, 0.6) is 17.2 Å². The summed E-state index contributed by atoms with van der Waals surface area (Å²) in [5.74, 6) is 1.37. The number of aliphatic hydroxyl groups is 1. The normalized spacial score (nSPS) is 20.0. The van der Waals surface area contributed by atoms with Crippen LogP contribution in [0.4, 0.5) is 4.79 Å². The van der Waals surface area contributed by atoms with Crippen LogP contribution in [0.3, 0.4) is 0 Å². The Labute approximate surface area is 199 Å². The molecule has 3 amide bonds. The molecule has 2 unspecified atom stereocenters. The van der Waals surface area contributed by atoms with Crippen LogP contribution in [0.2, 0.25) is 0 Å². The third-order valence-electron chi connectivity index (χ3n) is 6.38. The molecule has 8 nitrogen and oxygen atoms in total. The fraction of sp³-hybridized carbons (Fsp3) is 0.385. The highest BCUT2D eigenvalue weighted by Crippen LogP contribution is 2.41. The minimum atomic E-state index is -1.11. The zero-order chi connectivity index (χ0) is 24.3. The van der Waals surface area contributed by atoms with E-state index in [1.807, 2.05) is 24.3 Å². The van der Waals surface area contributed by atoms with Gasteiger partial charge in [0.15, 0.2) is 11.5 Å². The average molecular weight is 467 g/mol. The topological polar surface area (TPSA) is 97.3 Å². The van der Waals surface area contributed by atoms with Crippen LogP contribution in [-0.4, -0.2) is 55.4 Å². The molecule has 1 heterocycles. The lowest BCUT2D eigenvalue weighted by Gasteiger charge is -2.33. The van der Waals surface area contributed by atoms with Crippen LogP contribution < -0.4 is 19.5 Å². The predicted molar refractivity (Wildman–Crippen MR) is 126 cm³/mol. The van der Waals surface area contributed by atoms with E-state index in [-0.39, 0.29) is 19.1 Å². The number of aryl methyl sites for hydroxylation is 1. The van der Waals surface area contributed by atoms with E-state index < -0.39 is 17.7 Å². The molecule has 0 saturated carbocycles. The summed E-state index contributed by atoms with van der Waals surface area (Å²) in [5, 5.41) is 13.5. The molecular formula is C26H30N2O6. The Kier molecular flexibility index (Phi) is 6.79. The lowest BCUT2D eigenvalue weighted by atomic mass is 9.76. The van der Waals surface area contributed by atoms with Crippen LogP contribution in [0, 0.1) is 0 Å². The second-order valence-electron chi connectivity index (χ2n) is 8.57. The summed E-state index contributed by atoms with van der Waals surface area (Å²) >= 11 is 0. The smallest absolute Gasteiger partial charge is 0.325 e. The van der Waals surface area contributed by atoms with Gasteiger partial charge in [-0.15, -0.1) is 6.58 Å². The van der Waals surface area contributed by atoms with E-state index in [0.717, 1.165) is 34.4 Å². The number of fused-ring (bicyclic) bond motifs is 2. The largest absolute Gasteiger partial charge is 0.497 e. The van der Waals surface area contributed by atoms with Gasteiger partial charge in [0.05, 0.1) is 20.8 Å². The quantitative estimate of drug-likeness (QED) is 0.436. The number of urea groups is 1. The summed E-state index contributed by atoms with van der Waals surface area (Å²) in [5.41, 5.74) is 1.68. The Balaban J connectivity index is 1.45. The van der Waals surface area contributed by atoms with Crippen molar-refractivity contribution in [3.63, 3.8) is 0 Å². The zero-order valence-corrected chi connectivity index (χ0v) is 19.5. The van der Waals surface area contributed by atoms with Gasteiger partial charge in [0, 0.05) is 0 Å². The molecular weight excluding hydrogens is 436 g/mol. The number of imide groups is 1. The number of ether oxygens (including phenoxy) is 3. The fourth-order valence-electron chi connectivity index (χ4n) is 4.72. The Hall–Kier alpha value is -3.52. The zero-order valence-electron chi connectivity index (χ0n) is 19.5. The monoisotopic (exact) mass is 466 g/mol. The number of rotatable bonds is 9. The van der Waals surface area contributed by atoms with Gasteiger partial charge in [-0.2, -0.15) is 0 Å². The minimum Gasteiger partial charge on any atom is -0.497 e. The van der Waals surface area contributed by atoms with Gasteiger partial charge in [0.2, 0.25) is 0 Å². The number of carbonyl (C=O) groups is 2. The maximum absolute atomic E-state index is 13.5. The van der Waals surface area contributed by atoms with Crippen molar-refractivity contribution in [2.75, 3.05) is 27.4 Å². The molecule has 2 aromatic carbocycles. The van der Waals surface area contributed by atoms with Crippen LogP contribution in [0.1, 0.15) is 29.5 Å². The Morgan fingerprint density at radius 1 is 1.18 bits per heavy atom. The predicted octanol–water partition coefficient (Wildman–Crippen LogP) is 2.96. The van der Waals surface area contributed by atoms with Gasteiger partial charge in [0.1, 0.15) is 24.0 Å². The summed E-state index contributed by atoms with van der Waals surface area (Å²) in [6.07, 6.45) is 3.50. The van der Waals surface area contributed by atoms with E-state index in [0.29, 0.717) is 30.1 Å². The van der Waals surface area contributed by atoms with E-state index in [4.69, 9.17) is 14.2 Å². The van der Waals surface area contributed by atoms with Crippen molar-refractivity contribution in [2.45, 2.75) is 37.3 Å². The molecule has 2 aliphatic rings. The molecule has 1 aliphatic heterocycles. The SMILES string of the molecule is C=CCc1ccc(OCC(O)CN2C(=O)NC3(CCCc4cc(OC)ccc43)C2=O)c(OC)c1. The summed E-state index contributed by atoms with van der Waals surface area (Å²) in [7, 11) is 3.14. The molecule has 0 aromatic heterocycles. The number of hydrogen-bond donors (Lipinski definition) is 2. The number of amides is 3. The number of methoxy groups -OCH3 is 2. The molecule has 0 bridgehead atoms. The molecule has 1 saturated heterocycles.